The lowest BCUT2D eigenvalue weighted by atomic mass is 9.97. The lowest BCUT2D eigenvalue weighted by Gasteiger charge is -2.25. The zero-order valence-corrected chi connectivity index (χ0v) is 10.8. The van der Waals surface area contributed by atoms with Crippen LogP contribution >= 0.6 is 0 Å². The minimum absolute atomic E-state index is 0.574. The van der Waals surface area contributed by atoms with E-state index in [2.05, 4.69) is 49.1 Å². The van der Waals surface area contributed by atoms with Gasteiger partial charge in [0.15, 0.2) is 0 Å². The Morgan fingerprint density at radius 1 is 1.35 bits per heavy atom. The maximum Gasteiger partial charge on any atom is 0.0598 e. The molecule has 1 unspecified atom stereocenters. The van der Waals surface area contributed by atoms with Gasteiger partial charge in [0.05, 0.1) is 6.54 Å². The molecule has 0 spiro atoms. The molecule has 0 amide bonds. The monoisotopic (exact) mass is 227 g/mol. The van der Waals surface area contributed by atoms with E-state index < -0.39 is 0 Å². The van der Waals surface area contributed by atoms with Gasteiger partial charge < -0.3 is 0 Å². The zero-order valence-electron chi connectivity index (χ0n) is 10.8. The van der Waals surface area contributed by atoms with Crippen molar-refractivity contribution in [3.8, 4) is 12.3 Å². The first-order valence-corrected chi connectivity index (χ1v) is 6.41. The smallest absolute Gasteiger partial charge is 0.0598 e. The third-order valence-electron chi connectivity index (χ3n) is 3.90. The third-order valence-corrected chi connectivity index (χ3v) is 3.90. The number of rotatable bonds is 4. The predicted molar refractivity (Wildman–Crippen MR) is 72.9 cm³/mol. The molecule has 0 heterocycles. The largest absolute Gasteiger partial charge is 0.293 e. The van der Waals surface area contributed by atoms with Crippen molar-refractivity contribution in [3.63, 3.8) is 0 Å². The van der Waals surface area contributed by atoms with Crippen LogP contribution in [-0.2, 0) is 12.8 Å². The van der Waals surface area contributed by atoms with Gasteiger partial charge in [-0.2, -0.15) is 0 Å². The van der Waals surface area contributed by atoms with Crippen molar-refractivity contribution >= 4 is 0 Å². The Bertz CT molecular complexity index is 391. The summed E-state index contributed by atoms with van der Waals surface area (Å²) in [4.78, 5) is 2.27. The summed E-state index contributed by atoms with van der Waals surface area (Å²) < 4.78 is 0. The molecule has 0 N–H and O–H groups in total. The molecule has 17 heavy (non-hydrogen) atoms. The summed E-state index contributed by atoms with van der Waals surface area (Å²) in [7, 11) is 2.12. The van der Waals surface area contributed by atoms with Crippen LogP contribution in [0.5, 0.6) is 0 Å². The molecule has 1 heteroatoms. The first-order chi connectivity index (χ1) is 8.20. The van der Waals surface area contributed by atoms with Gasteiger partial charge in [-0.05, 0) is 50.3 Å². The quantitative estimate of drug-likeness (QED) is 0.715. The molecule has 0 fully saturated rings. The van der Waals surface area contributed by atoms with Gasteiger partial charge in [0.1, 0.15) is 0 Å². The van der Waals surface area contributed by atoms with Crippen LogP contribution in [-0.4, -0.2) is 24.5 Å². The van der Waals surface area contributed by atoms with Crippen LogP contribution in [0.4, 0.5) is 0 Å². The summed E-state index contributed by atoms with van der Waals surface area (Å²) in [5, 5.41) is 0. The molecule has 90 valence electrons. The molecule has 1 aromatic carbocycles. The average Bonchev–Trinajstić information content (AvgIpc) is 2.71. The Morgan fingerprint density at radius 3 is 2.47 bits per heavy atom. The van der Waals surface area contributed by atoms with E-state index >= 15 is 0 Å². The number of hydrogen-bond donors (Lipinski definition) is 0. The summed E-state index contributed by atoms with van der Waals surface area (Å²) in [6.45, 7) is 3.03. The maximum absolute atomic E-state index is 5.35. The van der Waals surface area contributed by atoms with Crippen molar-refractivity contribution < 1.29 is 0 Å². The first-order valence-electron chi connectivity index (χ1n) is 6.41. The average molecular weight is 227 g/mol. The SMILES string of the molecule is C#CCN(C)C(C)CC1Cc2ccccc2C1. The second-order valence-electron chi connectivity index (χ2n) is 5.25. The van der Waals surface area contributed by atoms with Crippen LogP contribution in [0.15, 0.2) is 24.3 Å². The molecule has 1 aliphatic carbocycles. The lowest BCUT2D eigenvalue weighted by Crippen LogP contribution is -2.31. The minimum atomic E-state index is 0.574. The Kier molecular flexibility index (Phi) is 3.86. The maximum atomic E-state index is 5.35. The van der Waals surface area contributed by atoms with Gasteiger partial charge >= 0.3 is 0 Å². The fourth-order valence-corrected chi connectivity index (χ4v) is 2.78. The second kappa shape index (κ2) is 5.38. The molecule has 1 nitrogen and oxygen atoms in total. The highest BCUT2D eigenvalue weighted by Gasteiger charge is 2.23. The molecule has 2 rings (SSSR count). The van der Waals surface area contributed by atoms with Crippen LogP contribution in [0, 0.1) is 18.3 Å². The van der Waals surface area contributed by atoms with Crippen LogP contribution < -0.4 is 0 Å². The van der Waals surface area contributed by atoms with Crippen molar-refractivity contribution in [2.24, 2.45) is 5.92 Å². The van der Waals surface area contributed by atoms with E-state index in [1.54, 1.807) is 11.1 Å². The number of nitrogens with zero attached hydrogens (tertiary/aromatic N) is 1. The normalized spacial score (nSPS) is 16.8. The van der Waals surface area contributed by atoms with Crippen LogP contribution in [0.3, 0.4) is 0 Å². The number of benzene rings is 1. The van der Waals surface area contributed by atoms with Gasteiger partial charge in [-0.1, -0.05) is 30.2 Å². The first kappa shape index (κ1) is 12.2. The Hall–Kier alpha value is -1.26. The number of hydrogen-bond acceptors (Lipinski definition) is 1. The van der Waals surface area contributed by atoms with Gasteiger partial charge in [-0.3, -0.25) is 4.90 Å². The highest BCUT2D eigenvalue weighted by molar-refractivity contribution is 5.32. The molecule has 0 saturated carbocycles. The van der Waals surface area contributed by atoms with E-state index in [0.717, 1.165) is 12.5 Å². The lowest BCUT2D eigenvalue weighted by molar-refractivity contribution is 0.245. The van der Waals surface area contributed by atoms with Gasteiger partial charge in [-0.25, -0.2) is 0 Å². The summed E-state index contributed by atoms with van der Waals surface area (Å²) in [5.41, 5.74) is 3.09. The van der Waals surface area contributed by atoms with Crippen LogP contribution in [0.25, 0.3) is 0 Å². The van der Waals surface area contributed by atoms with Gasteiger partial charge in [0, 0.05) is 6.04 Å². The molecule has 0 radical (unpaired) electrons. The fourth-order valence-electron chi connectivity index (χ4n) is 2.78. The van der Waals surface area contributed by atoms with Crippen molar-refractivity contribution in [1.82, 2.24) is 4.90 Å². The molecule has 1 atom stereocenters. The van der Waals surface area contributed by atoms with E-state index in [1.807, 2.05) is 0 Å². The van der Waals surface area contributed by atoms with Crippen molar-refractivity contribution in [3.05, 3.63) is 35.4 Å². The molecular weight excluding hydrogens is 206 g/mol. The topological polar surface area (TPSA) is 3.24 Å². The summed E-state index contributed by atoms with van der Waals surface area (Å²) in [6.07, 6.45) is 9.08. The van der Waals surface area contributed by atoms with Crippen molar-refractivity contribution in [1.29, 1.82) is 0 Å². The Balaban J connectivity index is 1.90. The van der Waals surface area contributed by atoms with E-state index in [-0.39, 0.29) is 0 Å². The molecule has 1 aliphatic rings. The summed E-state index contributed by atoms with van der Waals surface area (Å²) in [6, 6.07) is 9.41. The number of fused-ring (bicyclic) bond motifs is 1. The Morgan fingerprint density at radius 2 is 1.94 bits per heavy atom. The minimum Gasteiger partial charge on any atom is -0.293 e. The molecule has 0 bridgehead atoms. The third kappa shape index (κ3) is 2.90. The van der Waals surface area contributed by atoms with Gasteiger partial charge in [-0.15, -0.1) is 6.42 Å². The van der Waals surface area contributed by atoms with Gasteiger partial charge in [0.2, 0.25) is 0 Å². The molecule has 0 aromatic heterocycles. The summed E-state index contributed by atoms with van der Waals surface area (Å²) in [5.74, 6) is 3.51. The van der Waals surface area contributed by atoms with Crippen molar-refractivity contribution in [2.75, 3.05) is 13.6 Å². The molecule has 0 saturated heterocycles. The van der Waals surface area contributed by atoms with Gasteiger partial charge in [0.25, 0.3) is 0 Å². The van der Waals surface area contributed by atoms with E-state index in [1.165, 1.54) is 19.3 Å². The number of terminal acetylenes is 1. The van der Waals surface area contributed by atoms with E-state index in [9.17, 15) is 0 Å². The van der Waals surface area contributed by atoms with E-state index in [0.29, 0.717) is 6.04 Å². The molecule has 1 aromatic rings. The molecule has 0 aliphatic heterocycles. The van der Waals surface area contributed by atoms with E-state index in [4.69, 9.17) is 6.42 Å². The second-order valence-corrected chi connectivity index (χ2v) is 5.25. The fraction of sp³-hybridized carbons (Fsp3) is 0.500. The summed E-state index contributed by atoms with van der Waals surface area (Å²) >= 11 is 0. The Labute approximate surface area is 105 Å². The molecular formula is C16H21N. The van der Waals surface area contributed by atoms with Crippen LogP contribution in [0.1, 0.15) is 24.5 Å². The standard InChI is InChI=1S/C16H21N/c1-4-9-17(3)13(2)10-14-11-15-7-5-6-8-16(15)12-14/h1,5-8,13-14H,9-12H2,2-3H3. The van der Waals surface area contributed by atoms with Crippen LogP contribution in [0.2, 0.25) is 0 Å². The zero-order chi connectivity index (χ0) is 12.3. The van der Waals surface area contributed by atoms with Crippen molar-refractivity contribution in [2.45, 2.75) is 32.2 Å². The highest BCUT2D eigenvalue weighted by Crippen LogP contribution is 2.29. The predicted octanol–water partition coefficient (Wildman–Crippen LogP) is 2.75. The highest BCUT2D eigenvalue weighted by atomic mass is 15.1.